The molecule has 0 aliphatic carbocycles. The average Bonchev–Trinajstić information content (AvgIpc) is 2.82. The van der Waals surface area contributed by atoms with Gasteiger partial charge in [0.2, 0.25) is 0 Å². The number of ether oxygens (including phenoxy) is 1. The molecule has 3 aromatic carbocycles. The number of anilines is 1. The van der Waals surface area contributed by atoms with Crippen LogP contribution >= 0.6 is 0 Å². The third-order valence-electron chi connectivity index (χ3n) is 4.87. The quantitative estimate of drug-likeness (QED) is 0.260. The second-order valence-electron chi connectivity index (χ2n) is 7.05. The van der Waals surface area contributed by atoms with Gasteiger partial charge in [0.15, 0.2) is 0 Å². The number of hydrogen-bond acceptors (Lipinski definition) is 6. The van der Waals surface area contributed by atoms with Crippen LogP contribution < -0.4 is 10.8 Å². The number of carbonyl (C=O) groups excluding carboxylic acids is 2. The lowest BCUT2D eigenvalue weighted by molar-refractivity contribution is -0.124. The standard InChI is InChI=1S/C24H21N3O5/c1-15(6-13-22(29)27-31)23(20-11-12-21(28)19-5-3-2-4-18(19)20)32-24(30)26-17-9-7-16(14-25)8-10-17/h2-13,15,23,28,31H,1H3,(H,26,30)(H,27,29)/b13-6+/t15-,23-/m1/s1. The van der Waals surface area contributed by atoms with Gasteiger partial charge >= 0.3 is 6.09 Å². The first kappa shape index (κ1) is 22.3. The lowest BCUT2D eigenvalue weighted by Crippen LogP contribution is -2.22. The minimum absolute atomic E-state index is 0.0907. The van der Waals surface area contributed by atoms with E-state index in [2.05, 4.69) is 5.32 Å². The van der Waals surface area contributed by atoms with E-state index in [0.717, 1.165) is 6.08 Å². The van der Waals surface area contributed by atoms with E-state index in [1.165, 1.54) is 17.6 Å². The smallest absolute Gasteiger partial charge is 0.412 e. The molecule has 3 rings (SSSR count). The molecule has 0 spiro atoms. The summed E-state index contributed by atoms with van der Waals surface area (Å²) >= 11 is 0. The molecule has 0 unspecified atom stereocenters. The van der Waals surface area contributed by atoms with Crippen LogP contribution in [0, 0.1) is 17.2 Å². The van der Waals surface area contributed by atoms with Crippen LogP contribution in [0.5, 0.6) is 5.75 Å². The maximum Gasteiger partial charge on any atom is 0.412 e. The number of nitriles is 1. The normalized spacial score (nSPS) is 12.7. The Kier molecular flexibility index (Phi) is 7.06. The highest BCUT2D eigenvalue weighted by molar-refractivity contribution is 5.92. The van der Waals surface area contributed by atoms with Gasteiger partial charge in [-0.3, -0.25) is 15.3 Å². The summed E-state index contributed by atoms with van der Waals surface area (Å²) in [7, 11) is 0. The van der Waals surface area contributed by atoms with Crippen LogP contribution in [0.15, 0.2) is 72.8 Å². The van der Waals surface area contributed by atoms with Gasteiger partial charge in [-0.1, -0.05) is 43.3 Å². The van der Waals surface area contributed by atoms with E-state index >= 15 is 0 Å². The summed E-state index contributed by atoms with van der Waals surface area (Å²) in [6.07, 6.45) is 1.10. The maximum atomic E-state index is 12.7. The molecule has 4 N–H and O–H groups in total. The number of fused-ring (bicyclic) bond motifs is 1. The Bertz CT molecular complexity index is 1200. The molecule has 0 heterocycles. The highest BCUT2D eigenvalue weighted by Gasteiger charge is 2.25. The van der Waals surface area contributed by atoms with E-state index in [0.29, 0.717) is 27.6 Å². The van der Waals surface area contributed by atoms with Gasteiger partial charge in [0.25, 0.3) is 5.91 Å². The summed E-state index contributed by atoms with van der Waals surface area (Å²) in [6.45, 7) is 1.75. The van der Waals surface area contributed by atoms with Gasteiger partial charge in [-0.2, -0.15) is 5.26 Å². The summed E-state index contributed by atoms with van der Waals surface area (Å²) in [6, 6.07) is 18.6. The molecule has 0 radical (unpaired) electrons. The molecule has 0 saturated carbocycles. The van der Waals surface area contributed by atoms with Crippen LogP contribution in [0.4, 0.5) is 10.5 Å². The third-order valence-corrected chi connectivity index (χ3v) is 4.87. The van der Waals surface area contributed by atoms with Crippen molar-refractivity contribution in [3.05, 3.63) is 83.9 Å². The van der Waals surface area contributed by atoms with E-state index in [9.17, 15) is 14.7 Å². The molecule has 0 saturated heterocycles. The molecule has 0 aliphatic rings. The van der Waals surface area contributed by atoms with Crippen LogP contribution in [0.25, 0.3) is 10.8 Å². The number of carbonyl (C=O) groups is 2. The second-order valence-corrected chi connectivity index (χ2v) is 7.05. The summed E-state index contributed by atoms with van der Waals surface area (Å²) in [5.74, 6) is -1.09. The number of phenols is 1. The zero-order valence-electron chi connectivity index (χ0n) is 17.1. The highest BCUT2D eigenvalue weighted by atomic mass is 16.6. The lowest BCUT2D eigenvalue weighted by Gasteiger charge is -2.24. The molecule has 162 valence electrons. The fourth-order valence-electron chi connectivity index (χ4n) is 3.28. The number of amides is 2. The van der Waals surface area contributed by atoms with Gasteiger partial charge in [-0.15, -0.1) is 0 Å². The Morgan fingerprint density at radius 1 is 1.06 bits per heavy atom. The van der Waals surface area contributed by atoms with E-state index in [1.54, 1.807) is 61.5 Å². The third kappa shape index (κ3) is 5.22. The van der Waals surface area contributed by atoms with Crippen molar-refractivity contribution >= 4 is 28.5 Å². The molecule has 8 nitrogen and oxygen atoms in total. The van der Waals surface area contributed by atoms with Crippen molar-refractivity contribution in [1.29, 1.82) is 5.26 Å². The van der Waals surface area contributed by atoms with Gasteiger partial charge in [0.1, 0.15) is 11.9 Å². The first-order valence-corrected chi connectivity index (χ1v) is 9.73. The summed E-state index contributed by atoms with van der Waals surface area (Å²) < 4.78 is 5.73. The Labute approximate surface area is 184 Å². The van der Waals surface area contributed by atoms with Crippen molar-refractivity contribution in [3.8, 4) is 11.8 Å². The molecule has 0 bridgehead atoms. The summed E-state index contributed by atoms with van der Waals surface area (Å²) in [4.78, 5) is 24.1. The maximum absolute atomic E-state index is 12.7. The highest BCUT2D eigenvalue weighted by Crippen LogP contribution is 2.36. The van der Waals surface area contributed by atoms with Crippen molar-refractivity contribution in [3.63, 3.8) is 0 Å². The number of phenolic OH excluding ortho intramolecular Hbond substituents is 1. The van der Waals surface area contributed by atoms with Crippen LogP contribution in [0.1, 0.15) is 24.2 Å². The van der Waals surface area contributed by atoms with Crippen LogP contribution in [-0.4, -0.2) is 22.3 Å². The molecule has 2 atom stereocenters. The van der Waals surface area contributed by atoms with E-state index in [-0.39, 0.29) is 5.75 Å². The van der Waals surface area contributed by atoms with Gasteiger partial charge in [0.05, 0.1) is 11.6 Å². The fraction of sp³-hybridized carbons (Fsp3) is 0.125. The Morgan fingerprint density at radius 2 is 1.75 bits per heavy atom. The Hall–Kier alpha value is -4.35. The predicted octanol–water partition coefficient (Wildman–Crippen LogP) is 4.40. The fourth-order valence-corrected chi connectivity index (χ4v) is 3.28. The largest absolute Gasteiger partial charge is 0.507 e. The number of benzene rings is 3. The molecule has 0 aliphatic heterocycles. The van der Waals surface area contributed by atoms with Crippen molar-refractivity contribution in [2.75, 3.05) is 5.32 Å². The van der Waals surface area contributed by atoms with Crippen molar-refractivity contribution in [2.45, 2.75) is 13.0 Å². The van der Waals surface area contributed by atoms with Gasteiger partial charge in [-0.25, -0.2) is 10.3 Å². The monoisotopic (exact) mass is 431 g/mol. The van der Waals surface area contributed by atoms with Crippen LogP contribution in [-0.2, 0) is 9.53 Å². The molecule has 2 amide bonds. The minimum Gasteiger partial charge on any atom is -0.507 e. The van der Waals surface area contributed by atoms with Crippen LogP contribution in [0.3, 0.4) is 0 Å². The predicted molar refractivity (Wildman–Crippen MR) is 118 cm³/mol. The Balaban J connectivity index is 1.93. The number of aromatic hydroxyl groups is 1. The van der Waals surface area contributed by atoms with Crippen LogP contribution in [0.2, 0.25) is 0 Å². The SMILES string of the molecule is C[C@H](/C=C/C(=O)NO)[C@@H](OC(=O)Nc1ccc(C#N)cc1)c1ccc(O)c2ccccc12. The van der Waals surface area contributed by atoms with Gasteiger partial charge in [0, 0.05) is 28.6 Å². The second kappa shape index (κ2) is 10.1. The summed E-state index contributed by atoms with van der Waals surface area (Å²) in [5.41, 5.74) is 3.06. The minimum atomic E-state index is -0.818. The molecular weight excluding hydrogens is 410 g/mol. The zero-order valence-corrected chi connectivity index (χ0v) is 17.1. The Morgan fingerprint density at radius 3 is 2.41 bits per heavy atom. The molecule has 0 aromatic heterocycles. The zero-order chi connectivity index (χ0) is 23.1. The van der Waals surface area contributed by atoms with E-state index in [4.69, 9.17) is 15.2 Å². The number of hydrogen-bond donors (Lipinski definition) is 4. The van der Waals surface area contributed by atoms with Crippen molar-refractivity contribution in [2.24, 2.45) is 5.92 Å². The van der Waals surface area contributed by atoms with E-state index < -0.39 is 24.0 Å². The number of rotatable bonds is 6. The first-order chi connectivity index (χ1) is 15.4. The molecule has 32 heavy (non-hydrogen) atoms. The molecule has 3 aromatic rings. The first-order valence-electron chi connectivity index (χ1n) is 9.73. The topological polar surface area (TPSA) is 132 Å². The van der Waals surface area contributed by atoms with Crippen molar-refractivity contribution < 1.29 is 24.6 Å². The van der Waals surface area contributed by atoms with E-state index in [1.807, 2.05) is 6.07 Å². The average molecular weight is 431 g/mol. The van der Waals surface area contributed by atoms with Crippen molar-refractivity contribution in [1.82, 2.24) is 5.48 Å². The van der Waals surface area contributed by atoms with Gasteiger partial charge in [-0.05, 0) is 35.7 Å². The molecule has 8 heteroatoms. The number of nitrogens with one attached hydrogen (secondary N) is 2. The molecule has 0 fully saturated rings. The van der Waals surface area contributed by atoms with Gasteiger partial charge < -0.3 is 9.84 Å². The number of hydroxylamine groups is 1. The number of nitrogens with zero attached hydrogens (tertiary/aromatic N) is 1. The molecular formula is C24H21N3O5. The summed E-state index contributed by atoms with van der Waals surface area (Å²) in [5, 5.41) is 31.7. The lowest BCUT2D eigenvalue weighted by atomic mass is 9.92.